The van der Waals surface area contributed by atoms with E-state index in [9.17, 15) is 13.6 Å². The number of tetrazole rings is 1. The molecule has 0 bridgehead atoms. The fourth-order valence-corrected chi connectivity index (χ4v) is 2.84. The highest BCUT2D eigenvalue weighted by Crippen LogP contribution is 2.25. The Hall–Kier alpha value is -2.81. The highest BCUT2D eigenvalue weighted by atomic mass is 32.2. The topological polar surface area (TPSA) is 72.7 Å². The summed E-state index contributed by atoms with van der Waals surface area (Å²) >= 11 is 1.08. The molecule has 0 aliphatic heterocycles. The number of thioether (sulfide) groups is 1. The average Bonchev–Trinajstić information content (AvgIpc) is 3.07. The summed E-state index contributed by atoms with van der Waals surface area (Å²) in [4.78, 5) is 12.2. The molecular weight excluding hydrogens is 348 g/mol. The molecule has 0 aliphatic carbocycles. The van der Waals surface area contributed by atoms with Crippen LogP contribution < -0.4 is 5.32 Å². The Morgan fingerprint density at radius 1 is 1.12 bits per heavy atom. The molecule has 0 saturated heterocycles. The predicted molar refractivity (Wildman–Crippen MR) is 89.5 cm³/mol. The van der Waals surface area contributed by atoms with Gasteiger partial charge >= 0.3 is 0 Å². The van der Waals surface area contributed by atoms with Crippen LogP contribution in [0.5, 0.6) is 0 Å². The SMILES string of the molecule is CC(Sc1nnnn1-c1ccccc1)C(=O)Nc1c(F)cccc1F. The molecular formula is C16H13F2N5OS. The Morgan fingerprint density at radius 3 is 2.48 bits per heavy atom. The number of hydrogen-bond acceptors (Lipinski definition) is 5. The summed E-state index contributed by atoms with van der Waals surface area (Å²) in [5.74, 6) is -2.23. The van der Waals surface area contributed by atoms with Crippen LogP contribution >= 0.6 is 11.8 Å². The lowest BCUT2D eigenvalue weighted by atomic mass is 10.3. The van der Waals surface area contributed by atoms with Crippen molar-refractivity contribution in [3.05, 3.63) is 60.2 Å². The molecule has 0 radical (unpaired) electrons. The molecule has 3 rings (SSSR count). The van der Waals surface area contributed by atoms with Crippen molar-refractivity contribution in [2.24, 2.45) is 0 Å². The quantitative estimate of drug-likeness (QED) is 0.707. The average molecular weight is 361 g/mol. The first kappa shape index (κ1) is 17.0. The largest absolute Gasteiger partial charge is 0.320 e. The third-order valence-corrected chi connectivity index (χ3v) is 4.34. The Bertz CT molecular complexity index is 867. The molecule has 1 heterocycles. The monoisotopic (exact) mass is 361 g/mol. The van der Waals surface area contributed by atoms with Crippen molar-refractivity contribution in [1.29, 1.82) is 0 Å². The molecule has 128 valence electrons. The molecule has 6 nitrogen and oxygen atoms in total. The maximum absolute atomic E-state index is 13.6. The number of carbonyl (C=O) groups excluding carboxylic acids is 1. The summed E-state index contributed by atoms with van der Waals surface area (Å²) in [6.45, 7) is 1.60. The van der Waals surface area contributed by atoms with E-state index in [1.54, 1.807) is 6.92 Å². The van der Waals surface area contributed by atoms with E-state index < -0.39 is 28.5 Å². The van der Waals surface area contributed by atoms with Gasteiger partial charge in [0.2, 0.25) is 11.1 Å². The number of nitrogens with one attached hydrogen (secondary N) is 1. The minimum atomic E-state index is -0.834. The van der Waals surface area contributed by atoms with Crippen molar-refractivity contribution in [1.82, 2.24) is 20.2 Å². The van der Waals surface area contributed by atoms with E-state index in [0.29, 0.717) is 5.16 Å². The number of halogens is 2. The summed E-state index contributed by atoms with van der Waals surface area (Å²) in [5.41, 5.74) is 0.269. The lowest BCUT2D eigenvalue weighted by Gasteiger charge is -2.12. The van der Waals surface area contributed by atoms with Crippen LogP contribution in [-0.4, -0.2) is 31.4 Å². The minimum Gasteiger partial charge on any atom is -0.320 e. The van der Waals surface area contributed by atoms with Crippen LogP contribution in [0.3, 0.4) is 0 Å². The summed E-state index contributed by atoms with van der Waals surface area (Å²) in [5, 5.41) is 13.4. The third kappa shape index (κ3) is 3.82. The zero-order valence-electron chi connectivity index (χ0n) is 13.1. The second kappa shape index (κ2) is 7.39. The Kier molecular flexibility index (Phi) is 5.03. The summed E-state index contributed by atoms with van der Waals surface area (Å²) in [6.07, 6.45) is 0. The smallest absolute Gasteiger partial charge is 0.237 e. The standard InChI is InChI=1S/C16H13F2N5OS/c1-10(15(24)19-14-12(17)8-5-9-13(14)18)25-16-20-21-22-23(16)11-6-3-2-4-7-11/h2-10H,1H3,(H,19,24). The van der Waals surface area contributed by atoms with Crippen molar-refractivity contribution in [2.75, 3.05) is 5.32 Å². The summed E-state index contributed by atoms with van der Waals surface area (Å²) in [7, 11) is 0. The van der Waals surface area contributed by atoms with Gasteiger partial charge in [0.1, 0.15) is 17.3 Å². The van der Waals surface area contributed by atoms with Crippen LogP contribution in [0.2, 0.25) is 0 Å². The van der Waals surface area contributed by atoms with E-state index in [4.69, 9.17) is 0 Å². The van der Waals surface area contributed by atoms with Gasteiger partial charge in [-0.25, -0.2) is 8.78 Å². The Morgan fingerprint density at radius 2 is 1.80 bits per heavy atom. The number of anilines is 1. The maximum atomic E-state index is 13.6. The van der Waals surface area contributed by atoms with Crippen molar-refractivity contribution >= 4 is 23.4 Å². The fraction of sp³-hybridized carbons (Fsp3) is 0.125. The van der Waals surface area contributed by atoms with Gasteiger partial charge in [-0.2, -0.15) is 4.68 Å². The first-order valence-corrected chi connectivity index (χ1v) is 8.19. The van der Waals surface area contributed by atoms with Crippen LogP contribution in [0, 0.1) is 11.6 Å². The highest BCUT2D eigenvalue weighted by Gasteiger charge is 2.21. The third-order valence-electron chi connectivity index (χ3n) is 3.30. The van der Waals surface area contributed by atoms with Crippen LogP contribution in [0.1, 0.15) is 6.92 Å². The molecule has 2 aromatic carbocycles. The molecule has 0 aliphatic rings. The number of nitrogens with zero attached hydrogens (tertiary/aromatic N) is 4. The van der Waals surface area contributed by atoms with Gasteiger partial charge in [-0.3, -0.25) is 4.79 Å². The van der Waals surface area contributed by atoms with Gasteiger partial charge < -0.3 is 5.32 Å². The van der Waals surface area contributed by atoms with Gasteiger partial charge in [-0.05, 0) is 41.6 Å². The number of amides is 1. The van der Waals surface area contributed by atoms with Gasteiger partial charge in [0.25, 0.3) is 0 Å². The van der Waals surface area contributed by atoms with E-state index in [0.717, 1.165) is 29.6 Å². The van der Waals surface area contributed by atoms with Gasteiger partial charge in [0.15, 0.2) is 0 Å². The van der Waals surface area contributed by atoms with Gasteiger partial charge in [0, 0.05) is 0 Å². The first-order valence-electron chi connectivity index (χ1n) is 7.31. The molecule has 3 aromatic rings. The number of benzene rings is 2. The summed E-state index contributed by atoms with van der Waals surface area (Å²) in [6, 6.07) is 12.6. The molecule has 1 unspecified atom stereocenters. The fourth-order valence-electron chi connectivity index (χ4n) is 2.04. The van der Waals surface area contributed by atoms with Gasteiger partial charge in [-0.1, -0.05) is 36.0 Å². The lowest BCUT2D eigenvalue weighted by molar-refractivity contribution is -0.115. The number of hydrogen-bond donors (Lipinski definition) is 1. The molecule has 0 spiro atoms. The number of aromatic nitrogens is 4. The number of rotatable bonds is 5. The zero-order valence-corrected chi connectivity index (χ0v) is 13.9. The number of para-hydroxylation sites is 2. The molecule has 0 fully saturated rings. The maximum Gasteiger partial charge on any atom is 0.237 e. The molecule has 9 heteroatoms. The molecule has 1 N–H and O–H groups in total. The van der Waals surface area contributed by atoms with Crippen molar-refractivity contribution in [2.45, 2.75) is 17.3 Å². The van der Waals surface area contributed by atoms with E-state index in [2.05, 4.69) is 20.8 Å². The predicted octanol–water partition coefficient (Wildman–Crippen LogP) is 3.06. The van der Waals surface area contributed by atoms with Crippen LogP contribution in [0.4, 0.5) is 14.5 Å². The highest BCUT2D eigenvalue weighted by molar-refractivity contribution is 8.00. The second-order valence-corrected chi connectivity index (χ2v) is 6.36. The molecule has 25 heavy (non-hydrogen) atoms. The van der Waals surface area contributed by atoms with Crippen LogP contribution in [-0.2, 0) is 4.79 Å². The lowest BCUT2D eigenvalue weighted by Crippen LogP contribution is -2.24. The van der Waals surface area contributed by atoms with E-state index in [1.165, 1.54) is 10.7 Å². The number of carbonyl (C=O) groups is 1. The molecule has 1 atom stereocenters. The molecule has 0 saturated carbocycles. The Balaban J connectivity index is 1.74. The van der Waals surface area contributed by atoms with Crippen LogP contribution in [0.15, 0.2) is 53.7 Å². The molecule has 1 aromatic heterocycles. The normalized spacial score (nSPS) is 12.0. The molecule has 1 amide bonds. The Labute approximate surface area is 146 Å². The first-order chi connectivity index (χ1) is 12.1. The van der Waals surface area contributed by atoms with E-state index in [-0.39, 0.29) is 0 Å². The van der Waals surface area contributed by atoms with Gasteiger partial charge in [-0.15, -0.1) is 5.10 Å². The van der Waals surface area contributed by atoms with Gasteiger partial charge in [0.05, 0.1) is 10.9 Å². The minimum absolute atomic E-state index is 0.392. The van der Waals surface area contributed by atoms with Crippen molar-refractivity contribution in [3.63, 3.8) is 0 Å². The summed E-state index contributed by atoms with van der Waals surface area (Å²) < 4.78 is 28.8. The van der Waals surface area contributed by atoms with Crippen LogP contribution in [0.25, 0.3) is 5.69 Å². The zero-order chi connectivity index (χ0) is 17.8. The van der Waals surface area contributed by atoms with E-state index >= 15 is 0 Å². The second-order valence-electron chi connectivity index (χ2n) is 5.05. The van der Waals surface area contributed by atoms with Crippen molar-refractivity contribution < 1.29 is 13.6 Å². The van der Waals surface area contributed by atoms with Crippen molar-refractivity contribution in [3.8, 4) is 5.69 Å². The van der Waals surface area contributed by atoms with E-state index in [1.807, 2.05) is 30.3 Å².